The number of aliphatic imine (C=N–C) groups is 1. The van der Waals surface area contributed by atoms with E-state index < -0.39 is 0 Å². The summed E-state index contributed by atoms with van der Waals surface area (Å²) in [5.74, 6) is 3.06. The number of para-hydroxylation sites is 2. The van der Waals surface area contributed by atoms with Crippen LogP contribution in [0.4, 0.5) is 5.69 Å². The van der Waals surface area contributed by atoms with Gasteiger partial charge in [-0.3, -0.25) is 0 Å². The lowest BCUT2D eigenvalue weighted by Crippen LogP contribution is -2.00. The lowest BCUT2D eigenvalue weighted by Gasteiger charge is -2.07. The fraction of sp³-hybridized carbons (Fsp3) is 0.0625. The Morgan fingerprint density at radius 3 is 2.53 bits per heavy atom. The zero-order valence-electron chi connectivity index (χ0n) is 10.2. The van der Waals surface area contributed by atoms with Gasteiger partial charge in [-0.05, 0) is 24.3 Å². The highest BCUT2D eigenvalue weighted by atomic mass is 35.5. The molecule has 0 bridgehead atoms. The van der Waals surface area contributed by atoms with E-state index in [1.807, 2.05) is 54.6 Å². The van der Waals surface area contributed by atoms with Crippen LogP contribution in [-0.4, -0.2) is 11.8 Å². The highest BCUT2D eigenvalue weighted by molar-refractivity contribution is 6.70. The Hall–Kier alpha value is -2.24. The first-order valence-corrected chi connectivity index (χ1v) is 6.14. The van der Waals surface area contributed by atoms with Crippen molar-refractivity contribution < 1.29 is 4.74 Å². The van der Waals surface area contributed by atoms with Gasteiger partial charge in [-0.2, -0.15) is 0 Å². The number of rotatable bonds is 4. The summed E-state index contributed by atoms with van der Waals surface area (Å²) in [5, 5.41) is 0.374. The molecule has 0 radical (unpaired) electrons. The summed E-state index contributed by atoms with van der Waals surface area (Å²) < 4.78 is 5.44. The summed E-state index contributed by atoms with van der Waals surface area (Å²) in [6, 6.07) is 16.9. The van der Waals surface area contributed by atoms with Crippen LogP contribution in [0.1, 0.15) is 5.56 Å². The first kappa shape index (κ1) is 13.2. The number of benzene rings is 2. The average Bonchev–Trinajstić information content (AvgIpc) is 2.46. The Kier molecular flexibility index (Phi) is 4.60. The smallest absolute Gasteiger partial charge is 0.148 e. The molecule has 0 aliphatic rings. The third kappa shape index (κ3) is 3.61. The summed E-state index contributed by atoms with van der Waals surface area (Å²) in [4.78, 5) is 4.35. The van der Waals surface area contributed by atoms with Crippen molar-refractivity contribution in [1.82, 2.24) is 0 Å². The first-order valence-electron chi connectivity index (χ1n) is 5.76. The van der Waals surface area contributed by atoms with Gasteiger partial charge in [0.1, 0.15) is 17.5 Å². The number of terminal acetylenes is 1. The molecular weight excluding hydrogens is 258 g/mol. The Labute approximate surface area is 117 Å². The van der Waals surface area contributed by atoms with Gasteiger partial charge < -0.3 is 4.74 Å². The van der Waals surface area contributed by atoms with E-state index in [-0.39, 0.29) is 6.61 Å². The molecule has 3 heteroatoms. The molecule has 2 aromatic carbocycles. The predicted octanol–water partition coefficient (Wildman–Crippen LogP) is 4.02. The Balaban J connectivity index is 2.31. The second-order valence-corrected chi connectivity index (χ2v) is 4.09. The van der Waals surface area contributed by atoms with E-state index in [0.29, 0.717) is 10.9 Å². The van der Waals surface area contributed by atoms with Crippen molar-refractivity contribution in [2.45, 2.75) is 0 Å². The number of nitrogens with zero attached hydrogens (tertiary/aromatic N) is 1. The van der Waals surface area contributed by atoms with Crippen LogP contribution >= 0.6 is 11.6 Å². The molecule has 0 aliphatic carbocycles. The van der Waals surface area contributed by atoms with E-state index >= 15 is 0 Å². The van der Waals surface area contributed by atoms with Crippen molar-refractivity contribution >= 4 is 22.5 Å². The van der Waals surface area contributed by atoms with Gasteiger partial charge >= 0.3 is 0 Å². The largest absolute Gasteiger partial charge is 0.480 e. The van der Waals surface area contributed by atoms with E-state index in [9.17, 15) is 0 Å². The molecule has 2 nitrogen and oxygen atoms in total. The Morgan fingerprint density at radius 2 is 1.79 bits per heavy atom. The second kappa shape index (κ2) is 6.63. The van der Waals surface area contributed by atoms with Crippen LogP contribution in [0.3, 0.4) is 0 Å². The van der Waals surface area contributed by atoms with Gasteiger partial charge in [-0.15, -0.1) is 6.42 Å². The molecule has 0 amide bonds. The normalized spacial score (nSPS) is 10.8. The molecule has 0 saturated heterocycles. The molecule has 0 N–H and O–H groups in total. The van der Waals surface area contributed by atoms with Crippen molar-refractivity contribution in [3.63, 3.8) is 0 Å². The van der Waals surface area contributed by atoms with Crippen molar-refractivity contribution in [2.75, 3.05) is 6.61 Å². The lowest BCUT2D eigenvalue weighted by molar-refractivity contribution is 0.370. The van der Waals surface area contributed by atoms with Crippen molar-refractivity contribution in [1.29, 1.82) is 0 Å². The van der Waals surface area contributed by atoms with Gasteiger partial charge in [-0.25, -0.2) is 4.99 Å². The zero-order valence-corrected chi connectivity index (χ0v) is 11.0. The molecule has 0 fully saturated rings. The molecular formula is C16H12ClNO. The molecule has 0 atom stereocenters. The van der Waals surface area contributed by atoms with Gasteiger partial charge in [0.2, 0.25) is 0 Å². The zero-order chi connectivity index (χ0) is 13.5. The topological polar surface area (TPSA) is 21.6 Å². The third-order valence-corrected chi connectivity index (χ3v) is 2.69. The van der Waals surface area contributed by atoms with Gasteiger partial charge in [0.25, 0.3) is 0 Å². The lowest BCUT2D eigenvalue weighted by atomic mass is 10.2. The first-order chi connectivity index (χ1) is 9.31. The molecule has 0 saturated carbocycles. The van der Waals surface area contributed by atoms with E-state index in [4.69, 9.17) is 22.8 Å². The molecule has 0 aromatic heterocycles. The fourth-order valence-corrected chi connectivity index (χ4v) is 1.81. The van der Waals surface area contributed by atoms with Crippen LogP contribution in [-0.2, 0) is 0 Å². The number of hydrogen-bond acceptors (Lipinski definition) is 2. The van der Waals surface area contributed by atoms with Crippen LogP contribution in [0.5, 0.6) is 5.75 Å². The Morgan fingerprint density at radius 1 is 1.11 bits per heavy atom. The molecule has 0 spiro atoms. The Bertz CT molecular complexity index is 614. The van der Waals surface area contributed by atoms with Gasteiger partial charge in [-0.1, -0.05) is 47.9 Å². The summed E-state index contributed by atoms with van der Waals surface area (Å²) in [6.45, 7) is 0.201. The summed E-state index contributed by atoms with van der Waals surface area (Å²) >= 11 is 6.24. The molecule has 0 unspecified atom stereocenters. The van der Waals surface area contributed by atoms with Gasteiger partial charge in [0.05, 0.1) is 11.3 Å². The monoisotopic (exact) mass is 269 g/mol. The van der Waals surface area contributed by atoms with Gasteiger partial charge in [0, 0.05) is 0 Å². The quantitative estimate of drug-likeness (QED) is 0.607. The fourth-order valence-electron chi connectivity index (χ4n) is 1.56. The minimum atomic E-state index is 0.201. The van der Waals surface area contributed by atoms with Crippen molar-refractivity contribution in [2.24, 2.45) is 4.99 Å². The van der Waals surface area contributed by atoms with Gasteiger partial charge in [0.15, 0.2) is 0 Å². The minimum Gasteiger partial charge on any atom is -0.480 e. The maximum Gasteiger partial charge on any atom is 0.148 e. The minimum absolute atomic E-state index is 0.201. The standard InChI is InChI=1S/C16H12ClNO/c1-2-12-19-15-11-7-6-10-14(15)16(17)18-13-8-4-3-5-9-13/h1,3-11H,12H2. The summed E-state index contributed by atoms with van der Waals surface area (Å²) in [6.07, 6.45) is 5.19. The second-order valence-electron chi connectivity index (χ2n) is 3.73. The maximum absolute atomic E-state index is 6.24. The predicted molar refractivity (Wildman–Crippen MR) is 79.3 cm³/mol. The average molecular weight is 270 g/mol. The van der Waals surface area contributed by atoms with Crippen LogP contribution < -0.4 is 4.74 Å². The summed E-state index contributed by atoms with van der Waals surface area (Å²) in [5.41, 5.74) is 1.52. The van der Waals surface area contributed by atoms with E-state index in [2.05, 4.69) is 10.9 Å². The van der Waals surface area contributed by atoms with Crippen LogP contribution in [0.2, 0.25) is 0 Å². The summed E-state index contributed by atoms with van der Waals surface area (Å²) in [7, 11) is 0. The molecule has 19 heavy (non-hydrogen) atoms. The highest BCUT2D eigenvalue weighted by Gasteiger charge is 2.07. The van der Waals surface area contributed by atoms with E-state index in [0.717, 1.165) is 11.3 Å². The van der Waals surface area contributed by atoms with Crippen LogP contribution in [0.25, 0.3) is 0 Å². The SMILES string of the molecule is C#CCOc1ccccc1C(Cl)=Nc1ccccc1. The van der Waals surface area contributed by atoms with E-state index in [1.165, 1.54) is 0 Å². The molecule has 2 rings (SSSR count). The molecule has 0 heterocycles. The van der Waals surface area contributed by atoms with E-state index in [1.54, 1.807) is 0 Å². The number of ether oxygens (including phenoxy) is 1. The van der Waals surface area contributed by atoms with Crippen molar-refractivity contribution in [3.05, 3.63) is 60.2 Å². The van der Waals surface area contributed by atoms with Crippen molar-refractivity contribution in [3.8, 4) is 18.1 Å². The maximum atomic E-state index is 6.24. The third-order valence-electron chi connectivity index (χ3n) is 2.40. The molecule has 2 aromatic rings. The molecule has 0 aliphatic heterocycles. The number of hydrogen-bond donors (Lipinski definition) is 0. The molecule has 94 valence electrons. The van der Waals surface area contributed by atoms with Crippen LogP contribution in [0.15, 0.2) is 59.6 Å². The number of halogens is 1. The van der Waals surface area contributed by atoms with Crippen LogP contribution in [0, 0.1) is 12.3 Å². The highest BCUT2D eigenvalue weighted by Crippen LogP contribution is 2.23.